The van der Waals surface area contributed by atoms with E-state index in [2.05, 4.69) is 33.8 Å². The Morgan fingerprint density at radius 3 is 2.59 bits per heavy atom. The molecular formula is C11H20N4S2. The van der Waals surface area contributed by atoms with Crippen LogP contribution in [0.3, 0.4) is 0 Å². The molecule has 0 bridgehead atoms. The third-order valence-electron chi connectivity index (χ3n) is 2.40. The number of nitrogens with one attached hydrogen (secondary N) is 2. The van der Waals surface area contributed by atoms with Gasteiger partial charge in [0.2, 0.25) is 0 Å². The third-order valence-corrected chi connectivity index (χ3v) is 3.99. The molecule has 0 saturated carbocycles. The van der Waals surface area contributed by atoms with Crippen LogP contribution >= 0.6 is 23.5 Å². The molecule has 0 amide bonds. The van der Waals surface area contributed by atoms with Crippen molar-refractivity contribution in [2.24, 2.45) is 0 Å². The summed E-state index contributed by atoms with van der Waals surface area (Å²) in [6.07, 6.45) is 5.25. The van der Waals surface area contributed by atoms with Crippen LogP contribution in [0.5, 0.6) is 0 Å². The molecule has 1 atom stereocenters. The van der Waals surface area contributed by atoms with Crippen LogP contribution in [0, 0.1) is 0 Å². The summed E-state index contributed by atoms with van der Waals surface area (Å²) in [4.78, 5) is 8.74. The molecule has 4 nitrogen and oxygen atoms in total. The summed E-state index contributed by atoms with van der Waals surface area (Å²) in [6, 6.07) is 1.93. The molecular weight excluding hydrogens is 252 g/mol. The summed E-state index contributed by atoms with van der Waals surface area (Å²) >= 11 is 3.44. The van der Waals surface area contributed by atoms with Crippen molar-refractivity contribution in [3.8, 4) is 0 Å². The highest BCUT2D eigenvalue weighted by Gasteiger charge is 2.03. The molecule has 6 heteroatoms. The minimum Gasteiger partial charge on any atom is -0.373 e. The first-order chi connectivity index (χ1) is 8.19. The predicted molar refractivity (Wildman–Crippen MR) is 79.4 cm³/mol. The van der Waals surface area contributed by atoms with Crippen molar-refractivity contribution in [2.45, 2.75) is 23.8 Å². The standard InChI is InChI=1S/C11H20N4S2/c1-8(16-3)5-6-13-10-7-9(12-2)14-11(15-10)17-4/h7-8H,5-6H2,1-4H3,(H2,12,13,14,15). The van der Waals surface area contributed by atoms with Gasteiger partial charge in [-0.2, -0.15) is 11.8 Å². The maximum absolute atomic E-state index is 4.42. The SMILES string of the molecule is CNc1cc(NCCC(C)SC)nc(SC)n1. The van der Waals surface area contributed by atoms with Gasteiger partial charge in [-0.3, -0.25) is 0 Å². The second-order valence-corrected chi connectivity index (χ2v) is 5.69. The fourth-order valence-corrected chi connectivity index (χ4v) is 1.99. The Morgan fingerprint density at radius 2 is 2.00 bits per heavy atom. The Balaban J connectivity index is 2.57. The lowest BCUT2D eigenvalue weighted by Crippen LogP contribution is -2.10. The van der Waals surface area contributed by atoms with E-state index in [4.69, 9.17) is 0 Å². The molecule has 2 N–H and O–H groups in total. The number of hydrogen-bond acceptors (Lipinski definition) is 6. The fraction of sp³-hybridized carbons (Fsp3) is 0.636. The Kier molecular flexibility index (Phi) is 6.50. The van der Waals surface area contributed by atoms with Crippen molar-refractivity contribution in [3.63, 3.8) is 0 Å². The van der Waals surface area contributed by atoms with Crippen molar-refractivity contribution in [3.05, 3.63) is 6.07 Å². The molecule has 1 rings (SSSR count). The zero-order valence-corrected chi connectivity index (χ0v) is 12.4. The average Bonchev–Trinajstić information content (AvgIpc) is 2.37. The van der Waals surface area contributed by atoms with Crippen LogP contribution in [0.15, 0.2) is 11.2 Å². The first kappa shape index (κ1) is 14.4. The van der Waals surface area contributed by atoms with E-state index in [0.29, 0.717) is 5.25 Å². The topological polar surface area (TPSA) is 49.8 Å². The molecule has 0 fully saturated rings. The van der Waals surface area contributed by atoms with Gasteiger partial charge in [0.25, 0.3) is 0 Å². The van der Waals surface area contributed by atoms with Crippen LogP contribution < -0.4 is 10.6 Å². The van der Waals surface area contributed by atoms with E-state index >= 15 is 0 Å². The van der Waals surface area contributed by atoms with Gasteiger partial charge in [0.15, 0.2) is 5.16 Å². The normalized spacial score (nSPS) is 12.2. The number of aromatic nitrogens is 2. The van der Waals surface area contributed by atoms with Gasteiger partial charge in [-0.1, -0.05) is 18.7 Å². The predicted octanol–water partition coefficient (Wildman–Crippen LogP) is 2.79. The van der Waals surface area contributed by atoms with Crippen molar-refractivity contribution in [1.29, 1.82) is 0 Å². The van der Waals surface area contributed by atoms with Crippen LogP contribution in [0.4, 0.5) is 11.6 Å². The smallest absolute Gasteiger partial charge is 0.191 e. The summed E-state index contributed by atoms with van der Waals surface area (Å²) in [5.74, 6) is 1.74. The summed E-state index contributed by atoms with van der Waals surface area (Å²) in [7, 11) is 1.87. The number of thioether (sulfide) groups is 2. The molecule has 0 radical (unpaired) electrons. The van der Waals surface area contributed by atoms with E-state index in [9.17, 15) is 0 Å². The van der Waals surface area contributed by atoms with E-state index in [-0.39, 0.29) is 0 Å². The summed E-state index contributed by atoms with van der Waals surface area (Å²) in [5.41, 5.74) is 0. The first-order valence-corrected chi connectivity index (χ1v) is 8.08. The molecule has 96 valence electrons. The van der Waals surface area contributed by atoms with Crippen molar-refractivity contribution >= 4 is 35.2 Å². The van der Waals surface area contributed by atoms with Gasteiger partial charge in [0.1, 0.15) is 11.6 Å². The van der Waals surface area contributed by atoms with E-state index in [0.717, 1.165) is 29.8 Å². The Bertz CT molecular complexity index is 324. The molecule has 0 spiro atoms. The Labute approximate surface area is 112 Å². The largest absolute Gasteiger partial charge is 0.373 e. The van der Waals surface area contributed by atoms with E-state index in [1.165, 1.54) is 0 Å². The second kappa shape index (κ2) is 7.66. The summed E-state index contributed by atoms with van der Waals surface area (Å²) in [5, 5.41) is 7.85. The Hall–Kier alpha value is -0.620. The van der Waals surface area contributed by atoms with E-state index in [1.807, 2.05) is 31.1 Å². The molecule has 1 aromatic heterocycles. The quantitative estimate of drug-likeness (QED) is 0.588. The molecule has 0 aliphatic heterocycles. The number of nitrogens with zero attached hydrogens (tertiary/aromatic N) is 2. The van der Waals surface area contributed by atoms with Gasteiger partial charge in [-0.05, 0) is 18.9 Å². The average molecular weight is 272 g/mol. The molecule has 0 aromatic carbocycles. The van der Waals surface area contributed by atoms with Crippen LogP contribution in [-0.4, -0.2) is 41.3 Å². The molecule has 1 heterocycles. The third kappa shape index (κ3) is 5.04. The zero-order chi connectivity index (χ0) is 12.7. The van der Waals surface area contributed by atoms with Crippen LogP contribution in [-0.2, 0) is 0 Å². The molecule has 0 aliphatic carbocycles. The number of rotatable bonds is 7. The second-order valence-electron chi connectivity index (χ2n) is 3.64. The van der Waals surface area contributed by atoms with Crippen LogP contribution in [0.1, 0.15) is 13.3 Å². The Morgan fingerprint density at radius 1 is 1.29 bits per heavy atom. The van der Waals surface area contributed by atoms with Gasteiger partial charge in [0, 0.05) is 24.9 Å². The number of anilines is 2. The lowest BCUT2D eigenvalue weighted by Gasteiger charge is -2.11. The molecule has 1 aromatic rings. The van der Waals surface area contributed by atoms with Gasteiger partial charge in [-0.25, -0.2) is 9.97 Å². The highest BCUT2D eigenvalue weighted by Crippen LogP contribution is 2.17. The minimum absolute atomic E-state index is 0.674. The monoisotopic (exact) mass is 272 g/mol. The van der Waals surface area contributed by atoms with Gasteiger partial charge < -0.3 is 10.6 Å². The summed E-state index contributed by atoms with van der Waals surface area (Å²) in [6.45, 7) is 3.18. The lowest BCUT2D eigenvalue weighted by molar-refractivity contribution is 0.843. The fourth-order valence-electron chi connectivity index (χ4n) is 1.26. The van der Waals surface area contributed by atoms with Crippen molar-refractivity contribution in [1.82, 2.24) is 9.97 Å². The molecule has 1 unspecified atom stereocenters. The highest BCUT2D eigenvalue weighted by atomic mass is 32.2. The van der Waals surface area contributed by atoms with Crippen molar-refractivity contribution in [2.75, 3.05) is 36.7 Å². The number of hydrogen-bond donors (Lipinski definition) is 2. The van der Waals surface area contributed by atoms with Gasteiger partial charge in [0.05, 0.1) is 0 Å². The van der Waals surface area contributed by atoms with Gasteiger partial charge in [-0.15, -0.1) is 0 Å². The molecule has 17 heavy (non-hydrogen) atoms. The maximum Gasteiger partial charge on any atom is 0.191 e. The first-order valence-electron chi connectivity index (χ1n) is 5.57. The zero-order valence-electron chi connectivity index (χ0n) is 10.8. The van der Waals surface area contributed by atoms with Crippen LogP contribution in [0.2, 0.25) is 0 Å². The van der Waals surface area contributed by atoms with Crippen LogP contribution in [0.25, 0.3) is 0 Å². The summed E-state index contributed by atoms with van der Waals surface area (Å²) < 4.78 is 0. The minimum atomic E-state index is 0.674. The lowest BCUT2D eigenvalue weighted by atomic mass is 10.3. The highest BCUT2D eigenvalue weighted by molar-refractivity contribution is 7.99. The maximum atomic E-state index is 4.42. The van der Waals surface area contributed by atoms with E-state index < -0.39 is 0 Å². The molecule has 0 saturated heterocycles. The van der Waals surface area contributed by atoms with Crippen molar-refractivity contribution < 1.29 is 0 Å². The van der Waals surface area contributed by atoms with E-state index in [1.54, 1.807) is 11.8 Å². The molecule has 0 aliphatic rings. The van der Waals surface area contributed by atoms with Gasteiger partial charge >= 0.3 is 0 Å².